The van der Waals surface area contributed by atoms with Gasteiger partial charge >= 0.3 is 0 Å². The Balaban J connectivity index is 2.27. The van der Waals surface area contributed by atoms with Gasteiger partial charge in [0.25, 0.3) is 5.56 Å². The van der Waals surface area contributed by atoms with E-state index < -0.39 is 0 Å². The van der Waals surface area contributed by atoms with Crippen molar-refractivity contribution in [3.8, 4) is 0 Å². The Morgan fingerprint density at radius 1 is 1.50 bits per heavy atom. The Hall–Kier alpha value is -2.04. The Bertz CT molecular complexity index is 541. The molecule has 16 heavy (non-hydrogen) atoms. The summed E-state index contributed by atoms with van der Waals surface area (Å²) < 4.78 is 3.40. The fourth-order valence-corrected chi connectivity index (χ4v) is 1.54. The van der Waals surface area contributed by atoms with Crippen LogP contribution in [-0.2, 0) is 13.1 Å². The third-order valence-electron chi connectivity index (χ3n) is 2.41. The van der Waals surface area contributed by atoms with Gasteiger partial charge in [-0.1, -0.05) is 0 Å². The van der Waals surface area contributed by atoms with E-state index in [9.17, 15) is 4.79 Å². The van der Waals surface area contributed by atoms with Crippen LogP contribution in [0.2, 0.25) is 0 Å². The van der Waals surface area contributed by atoms with Crippen LogP contribution in [0.3, 0.4) is 0 Å². The SMILES string of the molecule is CCn1cc(Cn2cccc(N)c2=O)cn1. The molecule has 2 heterocycles. The maximum absolute atomic E-state index is 11.7. The molecule has 0 fully saturated rings. The number of hydrogen-bond acceptors (Lipinski definition) is 3. The summed E-state index contributed by atoms with van der Waals surface area (Å²) in [6, 6.07) is 3.37. The maximum atomic E-state index is 11.7. The van der Waals surface area contributed by atoms with Gasteiger partial charge in [0.1, 0.15) is 0 Å². The summed E-state index contributed by atoms with van der Waals surface area (Å²) in [5.41, 5.74) is 6.65. The highest BCUT2D eigenvalue weighted by Crippen LogP contribution is 2.01. The number of aryl methyl sites for hydroxylation is 1. The molecule has 0 atom stereocenters. The smallest absolute Gasteiger partial charge is 0.273 e. The molecule has 2 rings (SSSR count). The predicted octanol–water partition coefficient (Wildman–Crippen LogP) is 0.695. The maximum Gasteiger partial charge on any atom is 0.273 e. The van der Waals surface area contributed by atoms with Crippen LogP contribution in [0.15, 0.2) is 35.5 Å². The lowest BCUT2D eigenvalue weighted by Crippen LogP contribution is -2.22. The number of nitrogens with two attached hydrogens (primary N) is 1. The molecule has 0 radical (unpaired) electrons. The molecule has 2 N–H and O–H groups in total. The lowest BCUT2D eigenvalue weighted by atomic mass is 10.3. The van der Waals surface area contributed by atoms with Crippen molar-refractivity contribution < 1.29 is 0 Å². The van der Waals surface area contributed by atoms with Crippen molar-refractivity contribution in [1.82, 2.24) is 14.3 Å². The average molecular weight is 218 g/mol. The van der Waals surface area contributed by atoms with Gasteiger partial charge in [-0.2, -0.15) is 5.10 Å². The summed E-state index contributed by atoms with van der Waals surface area (Å²) in [7, 11) is 0. The zero-order valence-electron chi connectivity index (χ0n) is 9.13. The monoisotopic (exact) mass is 218 g/mol. The van der Waals surface area contributed by atoms with Gasteiger partial charge in [0.2, 0.25) is 0 Å². The van der Waals surface area contributed by atoms with Crippen LogP contribution in [-0.4, -0.2) is 14.3 Å². The Labute approximate surface area is 93.1 Å². The highest BCUT2D eigenvalue weighted by molar-refractivity contribution is 5.33. The Morgan fingerprint density at radius 3 is 3.00 bits per heavy atom. The van der Waals surface area contributed by atoms with Crippen LogP contribution in [0.4, 0.5) is 5.69 Å². The number of nitrogen functional groups attached to an aromatic ring is 1. The first-order valence-electron chi connectivity index (χ1n) is 5.17. The van der Waals surface area contributed by atoms with Crippen molar-refractivity contribution in [2.45, 2.75) is 20.0 Å². The quantitative estimate of drug-likeness (QED) is 0.824. The number of nitrogens with zero attached hydrogens (tertiary/aromatic N) is 3. The van der Waals surface area contributed by atoms with Crippen molar-refractivity contribution in [3.05, 3.63) is 46.6 Å². The van der Waals surface area contributed by atoms with Crippen molar-refractivity contribution in [3.63, 3.8) is 0 Å². The summed E-state index contributed by atoms with van der Waals surface area (Å²) in [5.74, 6) is 0. The molecular weight excluding hydrogens is 204 g/mol. The van der Waals surface area contributed by atoms with Crippen LogP contribution in [0.5, 0.6) is 0 Å². The zero-order valence-corrected chi connectivity index (χ0v) is 9.13. The second-order valence-corrected chi connectivity index (χ2v) is 3.60. The highest BCUT2D eigenvalue weighted by atomic mass is 16.1. The summed E-state index contributed by atoms with van der Waals surface area (Å²) in [4.78, 5) is 11.7. The van der Waals surface area contributed by atoms with E-state index in [0.29, 0.717) is 6.54 Å². The topological polar surface area (TPSA) is 65.8 Å². The molecule has 0 aliphatic heterocycles. The second kappa shape index (κ2) is 4.22. The van der Waals surface area contributed by atoms with E-state index in [-0.39, 0.29) is 11.2 Å². The summed E-state index contributed by atoms with van der Waals surface area (Å²) in [6.07, 6.45) is 5.41. The van der Waals surface area contributed by atoms with Crippen molar-refractivity contribution in [2.24, 2.45) is 0 Å². The molecule has 0 amide bonds. The number of rotatable bonds is 3. The molecule has 0 aliphatic rings. The van der Waals surface area contributed by atoms with Gasteiger partial charge < -0.3 is 10.3 Å². The second-order valence-electron chi connectivity index (χ2n) is 3.60. The fraction of sp³-hybridized carbons (Fsp3) is 0.273. The molecule has 84 valence electrons. The van der Waals surface area contributed by atoms with Gasteiger partial charge in [0.05, 0.1) is 18.4 Å². The normalized spacial score (nSPS) is 10.6. The first-order chi connectivity index (χ1) is 7.70. The minimum absolute atomic E-state index is 0.160. The molecule has 0 saturated heterocycles. The molecule has 0 aromatic carbocycles. The standard InChI is InChI=1S/C11H14N4O/c1-2-15-8-9(6-13-15)7-14-5-3-4-10(12)11(14)16/h3-6,8H,2,7,12H2,1H3. The first-order valence-corrected chi connectivity index (χ1v) is 5.17. The van der Waals surface area contributed by atoms with Crippen LogP contribution in [0.1, 0.15) is 12.5 Å². The minimum atomic E-state index is -0.160. The van der Waals surface area contributed by atoms with Crippen molar-refractivity contribution in [1.29, 1.82) is 0 Å². The van der Waals surface area contributed by atoms with Crippen LogP contribution >= 0.6 is 0 Å². The third kappa shape index (κ3) is 1.98. The van der Waals surface area contributed by atoms with Crippen LogP contribution < -0.4 is 11.3 Å². The first kappa shape index (κ1) is 10.5. The van der Waals surface area contributed by atoms with Crippen LogP contribution in [0.25, 0.3) is 0 Å². The van der Waals surface area contributed by atoms with E-state index in [0.717, 1.165) is 12.1 Å². The predicted molar refractivity (Wildman–Crippen MR) is 62.1 cm³/mol. The molecule has 5 nitrogen and oxygen atoms in total. The third-order valence-corrected chi connectivity index (χ3v) is 2.41. The van der Waals surface area contributed by atoms with E-state index in [4.69, 9.17) is 5.73 Å². The van der Waals surface area contributed by atoms with Gasteiger partial charge in [0, 0.05) is 24.5 Å². The van der Waals surface area contributed by atoms with Gasteiger partial charge in [-0.3, -0.25) is 9.48 Å². The summed E-state index contributed by atoms with van der Waals surface area (Å²) >= 11 is 0. The largest absolute Gasteiger partial charge is 0.394 e. The molecular formula is C11H14N4O. The van der Waals surface area contributed by atoms with Gasteiger partial charge in [-0.25, -0.2) is 0 Å². The molecule has 2 aromatic rings. The van der Waals surface area contributed by atoms with E-state index in [2.05, 4.69) is 5.10 Å². The van der Waals surface area contributed by atoms with Crippen LogP contribution in [0, 0.1) is 0 Å². The minimum Gasteiger partial charge on any atom is -0.394 e. The van der Waals surface area contributed by atoms with E-state index in [1.807, 2.05) is 17.8 Å². The van der Waals surface area contributed by atoms with Gasteiger partial charge in [0.15, 0.2) is 0 Å². The van der Waals surface area contributed by atoms with Crippen molar-refractivity contribution in [2.75, 3.05) is 5.73 Å². The zero-order chi connectivity index (χ0) is 11.5. The average Bonchev–Trinajstić information content (AvgIpc) is 2.73. The summed E-state index contributed by atoms with van der Waals surface area (Å²) in [6.45, 7) is 3.35. The Kier molecular flexibility index (Phi) is 2.76. The van der Waals surface area contributed by atoms with E-state index in [1.165, 1.54) is 0 Å². The lowest BCUT2D eigenvalue weighted by Gasteiger charge is -2.03. The fourth-order valence-electron chi connectivity index (χ4n) is 1.54. The molecule has 0 saturated carbocycles. The molecule has 0 aliphatic carbocycles. The number of aromatic nitrogens is 3. The van der Waals surface area contributed by atoms with Gasteiger partial charge in [-0.15, -0.1) is 0 Å². The molecule has 0 unspecified atom stereocenters. The lowest BCUT2D eigenvalue weighted by molar-refractivity contribution is 0.658. The van der Waals surface area contributed by atoms with Gasteiger partial charge in [-0.05, 0) is 19.1 Å². The molecule has 0 bridgehead atoms. The summed E-state index contributed by atoms with van der Waals surface area (Å²) in [5, 5.41) is 4.15. The van der Waals surface area contributed by atoms with Crippen molar-refractivity contribution >= 4 is 5.69 Å². The Morgan fingerprint density at radius 2 is 2.31 bits per heavy atom. The highest BCUT2D eigenvalue weighted by Gasteiger charge is 2.02. The molecule has 2 aromatic heterocycles. The van der Waals surface area contributed by atoms with E-state index in [1.54, 1.807) is 29.1 Å². The molecule has 0 spiro atoms. The van der Waals surface area contributed by atoms with E-state index >= 15 is 0 Å². The number of anilines is 1. The number of hydrogen-bond donors (Lipinski definition) is 1. The number of pyridine rings is 1. The molecule has 5 heteroatoms.